The molecule has 0 fully saturated rings. The normalized spacial score (nSPS) is 10.9. The van der Waals surface area contributed by atoms with Crippen molar-refractivity contribution in [3.05, 3.63) is 48.6 Å². The number of benzene rings is 1. The standard InChI is InChI=1S/C17H19N3O4/c1-20(15(10-22-2)17(21)24-4)16-9-14(18-11-19-16)12-6-5-7-13(8-12)23-3/h5-11H,1-4H3/b15-10+. The molecule has 1 aromatic heterocycles. The summed E-state index contributed by atoms with van der Waals surface area (Å²) in [6.45, 7) is 0. The molecule has 0 unspecified atom stereocenters. The average Bonchev–Trinajstić information content (AvgIpc) is 2.65. The summed E-state index contributed by atoms with van der Waals surface area (Å²) in [5.41, 5.74) is 1.80. The van der Waals surface area contributed by atoms with Gasteiger partial charge in [-0.3, -0.25) is 0 Å². The Balaban J connectivity index is 2.38. The lowest BCUT2D eigenvalue weighted by molar-refractivity contribution is -0.136. The Kier molecular flexibility index (Phi) is 5.73. The van der Waals surface area contributed by atoms with E-state index in [4.69, 9.17) is 14.2 Å². The zero-order valence-electron chi connectivity index (χ0n) is 14.0. The van der Waals surface area contributed by atoms with Crippen LogP contribution in [0.25, 0.3) is 11.3 Å². The lowest BCUT2D eigenvalue weighted by Crippen LogP contribution is -2.25. The lowest BCUT2D eigenvalue weighted by Gasteiger charge is -2.19. The van der Waals surface area contributed by atoms with Crippen molar-refractivity contribution in [3.63, 3.8) is 0 Å². The molecule has 0 spiro atoms. The van der Waals surface area contributed by atoms with Crippen LogP contribution in [0.4, 0.5) is 5.82 Å². The Bertz CT molecular complexity index is 746. The molecule has 1 aromatic carbocycles. The summed E-state index contributed by atoms with van der Waals surface area (Å²) >= 11 is 0. The highest BCUT2D eigenvalue weighted by Gasteiger charge is 2.18. The predicted octanol–water partition coefficient (Wildman–Crippen LogP) is 2.25. The van der Waals surface area contributed by atoms with Gasteiger partial charge in [0.1, 0.15) is 24.2 Å². The molecule has 0 amide bonds. The van der Waals surface area contributed by atoms with Crippen molar-refractivity contribution >= 4 is 11.8 Å². The van der Waals surface area contributed by atoms with Gasteiger partial charge in [0.05, 0.1) is 27.0 Å². The summed E-state index contributed by atoms with van der Waals surface area (Å²) in [5, 5.41) is 0. The van der Waals surface area contributed by atoms with Gasteiger partial charge >= 0.3 is 5.97 Å². The summed E-state index contributed by atoms with van der Waals surface area (Å²) in [7, 11) is 6.07. The van der Waals surface area contributed by atoms with E-state index < -0.39 is 5.97 Å². The van der Waals surface area contributed by atoms with E-state index in [-0.39, 0.29) is 5.70 Å². The zero-order chi connectivity index (χ0) is 17.5. The summed E-state index contributed by atoms with van der Waals surface area (Å²) in [6.07, 6.45) is 2.74. The van der Waals surface area contributed by atoms with E-state index >= 15 is 0 Å². The van der Waals surface area contributed by atoms with Crippen LogP contribution in [-0.4, -0.2) is 44.3 Å². The molecule has 0 aliphatic carbocycles. The first-order valence-corrected chi connectivity index (χ1v) is 7.12. The van der Waals surface area contributed by atoms with Crippen LogP contribution in [0.15, 0.2) is 48.6 Å². The molecule has 7 nitrogen and oxygen atoms in total. The van der Waals surface area contributed by atoms with Gasteiger partial charge in [0.15, 0.2) is 5.70 Å². The molecule has 24 heavy (non-hydrogen) atoms. The number of aromatic nitrogens is 2. The van der Waals surface area contributed by atoms with E-state index in [1.54, 1.807) is 25.1 Å². The van der Waals surface area contributed by atoms with Gasteiger partial charge in [-0.25, -0.2) is 14.8 Å². The van der Waals surface area contributed by atoms with E-state index in [9.17, 15) is 4.79 Å². The number of carbonyl (C=O) groups excluding carboxylic acids is 1. The van der Waals surface area contributed by atoms with Crippen LogP contribution in [0.1, 0.15) is 0 Å². The fraction of sp³-hybridized carbons (Fsp3) is 0.235. The summed E-state index contributed by atoms with van der Waals surface area (Å²) in [5.74, 6) is 0.730. The summed E-state index contributed by atoms with van der Waals surface area (Å²) < 4.78 is 14.9. The fourth-order valence-corrected chi connectivity index (χ4v) is 2.07. The molecule has 2 rings (SSSR count). The van der Waals surface area contributed by atoms with Crippen LogP contribution in [-0.2, 0) is 14.3 Å². The van der Waals surface area contributed by atoms with Crippen LogP contribution in [0.2, 0.25) is 0 Å². The largest absolute Gasteiger partial charge is 0.502 e. The maximum Gasteiger partial charge on any atom is 0.357 e. The van der Waals surface area contributed by atoms with Crippen LogP contribution in [0.3, 0.4) is 0 Å². The number of rotatable bonds is 6. The Morgan fingerprint density at radius 2 is 1.96 bits per heavy atom. The second-order valence-electron chi connectivity index (χ2n) is 4.78. The van der Waals surface area contributed by atoms with Crippen molar-refractivity contribution in [3.8, 4) is 17.0 Å². The number of nitrogens with zero attached hydrogens (tertiary/aromatic N) is 3. The highest BCUT2D eigenvalue weighted by molar-refractivity contribution is 5.92. The predicted molar refractivity (Wildman–Crippen MR) is 89.5 cm³/mol. The van der Waals surface area contributed by atoms with Gasteiger partial charge in [0, 0.05) is 18.7 Å². The van der Waals surface area contributed by atoms with E-state index in [0.717, 1.165) is 11.3 Å². The molecule has 0 bridgehead atoms. The minimum atomic E-state index is -0.527. The van der Waals surface area contributed by atoms with Crippen molar-refractivity contribution in [1.82, 2.24) is 9.97 Å². The van der Waals surface area contributed by atoms with Gasteiger partial charge in [0.25, 0.3) is 0 Å². The maximum absolute atomic E-state index is 11.9. The van der Waals surface area contributed by atoms with Gasteiger partial charge in [-0.15, -0.1) is 0 Å². The molecular weight excluding hydrogens is 310 g/mol. The second-order valence-corrected chi connectivity index (χ2v) is 4.78. The van der Waals surface area contributed by atoms with Gasteiger partial charge in [-0.2, -0.15) is 0 Å². The lowest BCUT2D eigenvalue weighted by atomic mass is 10.1. The van der Waals surface area contributed by atoms with Crippen molar-refractivity contribution < 1.29 is 19.0 Å². The third-order valence-electron chi connectivity index (χ3n) is 3.35. The van der Waals surface area contributed by atoms with E-state index in [1.165, 1.54) is 26.8 Å². The van der Waals surface area contributed by atoms with Crippen molar-refractivity contribution in [1.29, 1.82) is 0 Å². The number of anilines is 1. The average molecular weight is 329 g/mol. The smallest absolute Gasteiger partial charge is 0.357 e. The number of likely N-dealkylation sites (N-methyl/N-ethyl adjacent to an activating group) is 1. The quantitative estimate of drug-likeness (QED) is 0.457. The molecule has 0 radical (unpaired) electrons. The molecule has 0 saturated heterocycles. The van der Waals surface area contributed by atoms with E-state index in [2.05, 4.69) is 9.97 Å². The Morgan fingerprint density at radius 1 is 1.17 bits per heavy atom. The Morgan fingerprint density at radius 3 is 2.62 bits per heavy atom. The maximum atomic E-state index is 11.9. The minimum absolute atomic E-state index is 0.218. The number of esters is 1. The molecule has 0 saturated carbocycles. The summed E-state index contributed by atoms with van der Waals surface area (Å²) in [4.78, 5) is 21.9. The fourth-order valence-electron chi connectivity index (χ4n) is 2.07. The van der Waals surface area contributed by atoms with Crippen molar-refractivity contribution in [2.75, 3.05) is 33.3 Å². The minimum Gasteiger partial charge on any atom is -0.502 e. The van der Waals surface area contributed by atoms with Crippen LogP contribution < -0.4 is 9.64 Å². The second kappa shape index (κ2) is 7.96. The highest BCUT2D eigenvalue weighted by Crippen LogP contribution is 2.25. The first-order valence-electron chi connectivity index (χ1n) is 7.12. The molecule has 2 aromatic rings. The molecular formula is C17H19N3O4. The van der Waals surface area contributed by atoms with Gasteiger partial charge in [0.2, 0.25) is 0 Å². The molecule has 1 heterocycles. The molecule has 126 valence electrons. The van der Waals surface area contributed by atoms with Crippen LogP contribution >= 0.6 is 0 Å². The van der Waals surface area contributed by atoms with Crippen LogP contribution in [0.5, 0.6) is 5.75 Å². The summed E-state index contributed by atoms with van der Waals surface area (Å²) in [6, 6.07) is 9.29. The van der Waals surface area contributed by atoms with Crippen molar-refractivity contribution in [2.45, 2.75) is 0 Å². The van der Waals surface area contributed by atoms with Crippen molar-refractivity contribution in [2.24, 2.45) is 0 Å². The highest BCUT2D eigenvalue weighted by atomic mass is 16.5. The first kappa shape index (κ1) is 17.3. The third kappa shape index (κ3) is 3.81. The number of hydrogen-bond donors (Lipinski definition) is 0. The molecule has 0 aliphatic heterocycles. The SMILES string of the molecule is CO/C=C(\C(=O)OC)N(C)c1cc(-c2cccc(OC)c2)ncn1. The Labute approximate surface area is 140 Å². The van der Waals surface area contributed by atoms with Gasteiger partial charge in [-0.1, -0.05) is 12.1 Å². The van der Waals surface area contributed by atoms with E-state index in [1.807, 2.05) is 24.3 Å². The van der Waals surface area contributed by atoms with Gasteiger partial charge < -0.3 is 19.1 Å². The number of ether oxygens (including phenoxy) is 3. The van der Waals surface area contributed by atoms with Gasteiger partial charge in [-0.05, 0) is 12.1 Å². The number of carbonyl (C=O) groups is 1. The molecule has 0 atom stereocenters. The number of hydrogen-bond acceptors (Lipinski definition) is 7. The van der Waals surface area contributed by atoms with E-state index in [0.29, 0.717) is 11.5 Å². The topological polar surface area (TPSA) is 73.8 Å². The molecule has 0 aliphatic rings. The van der Waals surface area contributed by atoms with Crippen LogP contribution in [0, 0.1) is 0 Å². The monoisotopic (exact) mass is 329 g/mol. The zero-order valence-corrected chi connectivity index (χ0v) is 14.0. The molecule has 7 heteroatoms. The molecule has 0 N–H and O–H groups in total. The Hall–Kier alpha value is -3.09. The number of methoxy groups -OCH3 is 3. The third-order valence-corrected chi connectivity index (χ3v) is 3.35. The first-order chi connectivity index (χ1) is 11.6.